The summed E-state index contributed by atoms with van der Waals surface area (Å²) in [6, 6.07) is 14.5. The number of para-hydroxylation sites is 1. The highest BCUT2D eigenvalue weighted by atomic mass is 16.5. The van der Waals surface area contributed by atoms with Gasteiger partial charge in [0.05, 0.1) is 18.8 Å². The second kappa shape index (κ2) is 9.57. The summed E-state index contributed by atoms with van der Waals surface area (Å²) in [5.41, 5.74) is 1.16. The van der Waals surface area contributed by atoms with Gasteiger partial charge in [0.1, 0.15) is 18.1 Å². The molecule has 0 aliphatic heterocycles. The van der Waals surface area contributed by atoms with Crippen molar-refractivity contribution in [2.24, 2.45) is 0 Å². The molecule has 5 heteroatoms. The van der Waals surface area contributed by atoms with Gasteiger partial charge in [-0.25, -0.2) is 0 Å². The zero-order valence-electron chi connectivity index (χ0n) is 14.1. The second-order valence-electron chi connectivity index (χ2n) is 4.96. The third-order valence-electron chi connectivity index (χ3n) is 3.22. The van der Waals surface area contributed by atoms with Crippen molar-refractivity contribution in [3.63, 3.8) is 0 Å². The van der Waals surface area contributed by atoms with E-state index < -0.39 is 0 Å². The molecular weight excluding hydrogens is 306 g/mol. The number of rotatable bonds is 9. The van der Waals surface area contributed by atoms with Crippen molar-refractivity contribution in [1.82, 2.24) is 0 Å². The first-order valence-corrected chi connectivity index (χ1v) is 8.08. The Labute approximate surface area is 142 Å². The molecule has 0 aliphatic rings. The fraction of sp³-hybridized carbons (Fsp3) is 0.316. The van der Waals surface area contributed by atoms with Gasteiger partial charge < -0.3 is 19.5 Å². The number of ether oxygens (including phenoxy) is 3. The molecule has 0 unspecified atom stereocenters. The number of amides is 1. The van der Waals surface area contributed by atoms with Gasteiger partial charge in [0.15, 0.2) is 0 Å². The first-order valence-electron chi connectivity index (χ1n) is 8.08. The molecule has 0 saturated heterocycles. The van der Waals surface area contributed by atoms with Crippen LogP contribution in [0.3, 0.4) is 0 Å². The topological polar surface area (TPSA) is 56.8 Å². The van der Waals surface area contributed by atoms with Crippen LogP contribution in [0.25, 0.3) is 0 Å². The van der Waals surface area contributed by atoms with Gasteiger partial charge >= 0.3 is 0 Å². The molecular formula is C19H23NO4. The average molecular weight is 329 g/mol. The van der Waals surface area contributed by atoms with Gasteiger partial charge in [-0.2, -0.15) is 0 Å². The number of benzene rings is 2. The van der Waals surface area contributed by atoms with Crippen LogP contribution in [-0.4, -0.2) is 32.3 Å². The lowest BCUT2D eigenvalue weighted by Gasteiger charge is -2.12. The van der Waals surface area contributed by atoms with Crippen LogP contribution >= 0.6 is 0 Å². The molecule has 0 aromatic heterocycles. The van der Waals surface area contributed by atoms with Crippen LogP contribution in [0.2, 0.25) is 0 Å². The molecule has 1 amide bonds. The molecule has 0 spiro atoms. The lowest BCUT2D eigenvalue weighted by Crippen LogP contribution is -2.15. The molecule has 0 fully saturated rings. The highest BCUT2D eigenvalue weighted by molar-refractivity contribution is 6.06. The van der Waals surface area contributed by atoms with E-state index in [1.54, 1.807) is 24.3 Å². The van der Waals surface area contributed by atoms with Gasteiger partial charge in [0.2, 0.25) is 0 Å². The van der Waals surface area contributed by atoms with E-state index in [9.17, 15) is 4.79 Å². The number of anilines is 1. The number of carbonyl (C=O) groups is 1. The fourth-order valence-corrected chi connectivity index (χ4v) is 2.16. The molecule has 0 bridgehead atoms. The first-order chi connectivity index (χ1) is 11.7. The quantitative estimate of drug-likeness (QED) is 0.712. The van der Waals surface area contributed by atoms with Crippen molar-refractivity contribution in [2.75, 3.05) is 31.7 Å². The van der Waals surface area contributed by atoms with Gasteiger partial charge in [-0.05, 0) is 38.1 Å². The van der Waals surface area contributed by atoms with Gasteiger partial charge in [-0.15, -0.1) is 0 Å². The zero-order valence-corrected chi connectivity index (χ0v) is 14.1. The standard InChI is InChI=1S/C19H23NO4/c1-3-22-12-13-24-18-11-6-5-10-17(18)19(21)20-15-8-7-9-16(14-15)23-4-2/h5-11,14H,3-4,12-13H2,1-2H3,(H,20,21). The predicted octanol–water partition coefficient (Wildman–Crippen LogP) is 3.75. The monoisotopic (exact) mass is 329 g/mol. The Bertz CT molecular complexity index is 657. The Morgan fingerprint density at radius 1 is 0.958 bits per heavy atom. The summed E-state index contributed by atoms with van der Waals surface area (Å²) in [6.07, 6.45) is 0. The van der Waals surface area contributed by atoms with Gasteiger partial charge in [-0.1, -0.05) is 18.2 Å². The maximum absolute atomic E-state index is 12.5. The Morgan fingerprint density at radius 3 is 2.58 bits per heavy atom. The molecule has 0 saturated carbocycles. The molecule has 2 aromatic rings. The van der Waals surface area contributed by atoms with Crippen molar-refractivity contribution in [3.8, 4) is 11.5 Å². The highest BCUT2D eigenvalue weighted by Gasteiger charge is 2.12. The van der Waals surface area contributed by atoms with Crippen molar-refractivity contribution in [1.29, 1.82) is 0 Å². The van der Waals surface area contributed by atoms with E-state index in [2.05, 4.69) is 5.32 Å². The van der Waals surface area contributed by atoms with E-state index in [1.807, 2.05) is 38.1 Å². The maximum Gasteiger partial charge on any atom is 0.259 e. The van der Waals surface area contributed by atoms with E-state index in [1.165, 1.54) is 0 Å². The molecule has 24 heavy (non-hydrogen) atoms. The van der Waals surface area contributed by atoms with Crippen molar-refractivity contribution >= 4 is 11.6 Å². The van der Waals surface area contributed by atoms with Crippen LogP contribution < -0.4 is 14.8 Å². The van der Waals surface area contributed by atoms with E-state index in [0.29, 0.717) is 43.4 Å². The second-order valence-corrected chi connectivity index (χ2v) is 4.96. The van der Waals surface area contributed by atoms with E-state index >= 15 is 0 Å². The lowest BCUT2D eigenvalue weighted by atomic mass is 10.2. The number of hydrogen-bond donors (Lipinski definition) is 1. The highest BCUT2D eigenvalue weighted by Crippen LogP contribution is 2.22. The number of carbonyl (C=O) groups excluding carboxylic acids is 1. The summed E-state index contributed by atoms with van der Waals surface area (Å²) >= 11 is 0. The minimum Gasteiger partial charge on any atom is -0.494 e. The Morgan fingerprint density at radius 2 is 1.79 bits per heavy atom. The van der Waals surface area contributed by atoms with Gasteiger partial charge in [0, 0.05) is 18.4 Å². The van der Waals surface area contributed by atoms with Gasteiger partial charge in [0.25, 0.3) is 5.91 Å². The summed E-state index contributed by atoms with van der Waals surface area (Å²) in [5.74, 6) is 1.03. The molecule has 0 atom stereocenters. The van der Waals surface area contributed by atoms with Crippen LogP contribution in [0.1, 0.15) is 24.2 Å². The van der Waals surface area contributed by atoms with Crippen LogP contribution in [-0.2, 0) is 4.74 Å². The predicted molar refractivity (Wildman–Crippen MR) is 94.0 cm³/mol. The largest absolute Gasteiger partial charge is 0.494 e. The lowest BCUT2D eigenvalue weighted by molar-refractivity contribution is 0.0998. The van der Waals surface area contributed by atoms with Crippen LogP contribution in [0.5, 0.6) is 11.5 Å². The third-order valence-corrected chi connectivity index (χ3v) is 3.22. The van der Waals surface area contributed by atoms with Crippen LogP contribution in [0.15, 0.2) is 48.5 Å². The average Bonchev–Trinajstić information content (AvgIpc) is 2.60. The summed E-state index contributed by atoms with van der Waals surface area (Å²) in [6.45, 7) is 5.95. The molecule has 5 nitrogen and oxygen atoms in total. The van der Waals surface area contributed by atoms with Crippen molar-refractivity contribution in [2.45, 2.75) is 13.8 Å². The van der Waals surface area contributed by atoms with Gasteiger partial charge in [-0.3, -0.25) is 4.79 Å². The van der Waals surface area contributed by atoms with Crippen LogP contribution in [0.4, 0.5) is 5.69 Å². The normalized spacial score (nSPS) is 10.2. The molecule has 2 rings (SSSR count). The minimum absolute atomic E-state index is 0.226. The summed E-state index contributed by atoms with van der Waals surface area (Å²) in [4.78, 5) is 12.5. The van der Waals surface area contributed by atoms with Crippen molar-refractivity contribution < 1.29 is 19.0 Å². The molecule has 1 N–H and O–H groups in total. The summed E-state index contributed by atoms with van der Waals surface area (Å²) in [7, 11) is 0. The minimum atomic E-state index is -0.226. The Balaban J connectivity index is 2.05. The molecule has 0 radical (unpaired) electrons. The fourth-order valence-electron chi connectivity index (χ4n) is 2.16. The van der Waals surface area contributed by atoms with Crippen molar-refractivity contribution in [3.05, 3.63) is 54.1 Å². The van der Waals surface area contributed by atoms with E-state index in [0.717, 1.165) is 5.75 Å². The number of nitrogens with one attached hydrogen (secondary N) is 1. The SMILES string of the molecule is CCOCCOc1ccccc1C(=O)Nc1cccc(OCC)c1. The van der Waals surface area contributed by atoms with E-state index in [-0.39, 0.29) is 5.91 Å². The Kier molecular flexibility index (Phi) is 7.11. The third kappa shape index (κ3) is 5.28. The molecule has 128 valence electrons. The molecule has 0 heterocycles. The number of hydrogen-bond acceptors (Lipinski definition) is 4. The molecule has 2 aromatic carbocycles. The summed E-state index contributed by atoms with van der Waals surface area (Å²) < 4.78 is 16.3. The van der Waals surface area contributed by atoms with Crippen LogP contribution in [0, 0.1) is 0 Å². The molecule has 0 aliphatic carbocycles. The maximum atomic E-state index is 12.5. The zero-order chi connectivity index (χ0) is 17.2. The first kappa shape index (κ1) is 17.8. The van der Waals surface area contributed by atoms with E-state index in [4.69, 9.17) is 14.2 Å². The summed E-state index contributed by atoms with van der Waals surface area (Å²) in [5, 5.41) is 2.87. The smallest absolute Gasteiger partial charge is 0.259 e. The Hall–Kier alpha value is -2.53.